The molecule has 1 rings (SSSR count). The SMILES string of the molecule is CCNC(=O)CN(CC)S(=O)(=O)c1ccc(C(N)=S)cc1. The number of hydrogen-bond acceptors (Lipinski definition) is 4. The summed E-state index contributed by atoms with van der Waals surface area (Å²) in [6.07, 6.45) is 0. The van der Waals surface area contributed by atoms with Gasteiger partial charge in [0.25, 0.3) is 0 Å². The summed E-state index contributed by atoms with van der Waals surface area (Å²) in [7, 11) is -3.72. The molecule has 1 amide bonds. The van der Waals surface area contributed by atoms with Crippen LogP contribution in [0.4, 0.5) is 0 Å². The van der Waals surface area contributed by atoms with Crippen LogP contribution in [0.1, 0.15) is 19.4 Å². The highest BCUT2D eigenvalue weighted by molar-refractivity contribution is 7.89. The van der Waals surface area contributed by atoms with Crippen LogP contribution in [0.15, 0.2) is 29.2 Å². The van der Waals surface area contributed by atoms with Crippen LogP contribution in [0.3, 0.4) is 0 Å². The quantitative estimate of drug-likeness (QED) is 0.709. The molecule has 0 spiro atoms. The number of benzene rings is 1. The third-order valence-electron chi connectivity index (χ3n) is 2.82. The van der Waals surface area contributed by atoms with Gasteiger partial charge < -0.3 is 11.1 Å². The van der Waals surface area contributed by atoms with Crippen molar-refractivity contribution in [2.24, 2.45) is 5.73 Å². The van der Waals surface area contributed by atoms with Crippen LogP contribution < -0.4 is 11.1 Å². The second-order valence-electron chi connectivity index (χ2n) is 4.27. The van der Waals surface area contributed by atoms with E-state index in [1.54, 1.807) is 26.0 Å². The summed E-state index contributed by atoms with van der Waals surface area (Å²) in [6.45, 7) is 3.91. The highest BCUT2D eigenvalue weighted by Crippen LogP contribution is 2.16. The van der Waals surface area contributed by atoms with Crippen LogP contribution in [0.2, 0.25) is 0 Å². The van der Waals surface area contributed by atoms with E-state index in [4.69, 9.17) is 18.0 Å². The van der Waals surface area contributed by atoms with Crippen LogP contribution in [-0.4, -0.2) is 43.3 Å². The van der Waals surface area contributed by atoms with E-state index in [-0.39, 0.29) is 28.9 Å². The summed E-state index contributed by atoms with van der Waals surface area (Å²) in [5.74, 6) is -0.331. The molecule has 1 aromatic rings. The molecule has 0 heterocycles. The number of nitrogens with two attached hydrogens (primary N) is 1. The van der Waals surface area contributed by atoms with E-state index in [1.165, 1.54) is 12.1 Å². The van der Waals surface area contributed by atoms with Gasteiger partial charge >= 0.3 is 0 Å². The molecule has 0 aliphatic heterocycles. The lowest BCUT2D eigenvalue weighted by molar-refractivity contribution is -0.121. The number of rotatable bonds is 7. The first-order valence-electron chi connectivity index (χ1n) is 6.49. The van der Waals surface area contributed by atoms with Crippen molar-refractivity contribution in [1.82, 2.24) is 9.62 Å². The minimum Gasteiger partial charge on any atom is -0.389 e. The molecule has 0 unspecified atom stereocenters. The Morgan fingerprint density at radius 2 is 1.86 bits per heavy atom. The number of likely N-dealkylation sites (N-methyl/N-ethyl adjacent to an activating group) is 2. The van der Waals surface area contributed by atoms with Crippen LogP contribution in [0.25, 0.3) is 0 Å². The topological polar surface area (TPSA) is 92.5 Å². The average molecular weight is 329 g/mol. The molecule has 21 heavy (non-hydrogen) atoms. The van der Waals surface area contributed by atoms with Crippen LogP contribution in [-0.2, 0) is 14.8 Å². The Kier molecular flexibility index (Phi) is 6.25. The van der Waals surface area contributed by atoms with Gasteiger partial charge in [0.15, 0.2) is 0 Å². The maximum Gasteiger partial charge on any atom is 0.243 e. The van der Waals surface area contributed by atoms with Crippen molar-refractivity contribution in [2.75, 3.05) is 19.6 Å². The van der Waals surface area contributed by atoms with Gasteiger partial charge in [-0.2, -0.15) is 4.31 Å². The Balaban J connectivity index is 3.01. The Morgan fingerprint density at radius 1 is 1.29 bits per heavy atom. The minimum atomic E-state index is -3.72. The van der Waals surface area contributed by atoms with Crippen molar-refractivity contribution in [3.05, 3.63) is 29.8 Å². The fourth-order valence-electron chi connectivity index (χ4n) is 1.72. The minimum absolute atomic E-state index is 0.105. The third-order valence-corrected chi connectivity index (χ3v) is 4.99. The number of sulfonamides is 1. The Labute approximate surface area is 130 Å². The van der Waals surface area contributed by atoms with E-state index in [0.717, 1.165) is 4.31 Å². The van der Waals surface area contributed by atoms with Gasteiger partial charge in [0, 0.05) is 18.7 Å². The number of amides is 1. The summed E-state index contributed by atoms with van der Waals surface area (Å²) < 4.78 is 26.1. The first kappa shape index (κ1) is 17.5. The maximum absolute atomic E-state index is 12.5. The molecule has 116 valence electrons. The van der Waals surface area contributed by atoms with Gasteiger partial charge in [0.05, 0.1) is 11.4 Å². The van der Waals surface area contributed by atoms with Gasteiger partial charge in [-0.05, 0) is 19.1 Å². The van der Waals surface area contributed by atoms with Gasteiger partial charge in [-0.15, -0.1) is 0 Å². The summed E-state index contributed by atoms with van der Waals surface area (Å²) >= 11 is 4.82. The smallest absolute Gasteiger partial charge is 0.243 e. The Morgan fingerprint density at radius 3 is 2.29 bits per heavy atom. The number of hydrogen-bond donors (Lipinski definition) is 2. The first-order valence-corrected chi connectivity index (χ1v) is 8.34. The molecule has 0 saturated carbocycles. The maximum atomic E-state index is 12.5. The molecule has 0 bridgehead atoms. The molecule has 0 saturated heterocycles. The molecule has 6 nitrogen and oxygen atoms in total. The zero-order chi connectivity index (χ0) is 16.0. The van der Waals surface area contributed by atoms with Crippen LogP contribution >= 0.6 is 12.2 Å². The summed E-state index contributed by atoms with van der Waals surface area (Å²) in [6, 6.07) is 5.97. The lowest BCUT2D eigenvalue weighted by Crippen LogP contribution is -2.40. The molecule has 0 atom stereocenters. The fraction of sp³-hybridized carbons (Fsp3) is 0.385. The molecule has 0 radical (unpaired) electrons. The molecule has 0 fully saturated rings. The normalized spacial score (nSPS) is 11.4. The zero-order valence-electron chi connectivity index (χ0n) is 12.0. The van der Waals surface area contributed by atoms with E-state index in [0.29, 0.717) is 12.1 Å². The summed E-state index contributed by atoms with van der Waals surface area (Å²) in [5.41, 5.74) is 6.07. The van der Waals surface area contributed by atoms with E-state index in [1.807, 2.05) is 0 Å². The van der Waals surface area contributed by atoms with Gasteiger partial charge in [-0.25, -0.2) is 8.42 Å². The van der Waals surface area contributed by atoms with Gasteiger partial charge in [-0.1, -0.05) is 31.3 Å². The van der Waals surface area contributed by atoms with E-state index in [9.17, 15) is 13.2 Å². The second-order valence-corrected chi connectivity index (χ2v) is 6.65. The molecule has 0 aliphatic carbocycles. The number of nitrogens with zero attached hydrogens (tertiary/aromatic N) is 1. The monoisotopic (exact) mass is 329 g/mol. The van der Waals surface area contributed by atoms with Crippen LogP contribution in [0, 0.1) is 0 Å². The van der Waals surface area contributed by atoms with Crippen molar-refractivity contribution < 1.29 is 13.2 Å². The summed E-state index contributed by atoms with van der Waals surface area (Å²) in [5, 5.41) is 2.58. The number of nitrogens with one attached hydrogen (secondary N) is 1. The van der Waals surface area contributed by atoms with E-state index < -0.39 is 10.0 Å². The van der Waals surface area contributed by atoms with Gasteiger partial charge in [-0.3, -0.25) is 4.79 Å². The highest BCUT2D eigenvalue weighted by atomic mass is 32.2. The fourth-order valence-corrected chi connectivity index (χ4v) is 3.26. The zero-order valence-corrected chi connectivity index (χ0v) is 13.6. The predicted molar refractivity (Wildman–Crippen MR) is 85.4 cm³/mol. The van der Waals surface area contributed by atoms with E-state index >= 15 is 0 Å². The second kappa shape index (κ2) is 7.48. The first-order chi connectivity index (χ1) is 9.82. The molecule has 1 aromatic carbocycles. The van der Waals surface area contributed by atoms with Crippen LogP contribution in [0.5, 0.6) is 0 Å². The standard InChI is InChI=1S/C13H19N3O3S2/c1-3-15-12(17)9-16(4-2)21(18,19)11-7-5-10(6-8-11)13(14)20/h5-8H,3-4,9H2,1-2H3,(H2,14,20)(H,15,17). The molecule has 0 aromatic heterocycles. The van der Waals surface area contributed by atoms with Crippen molar-refractivity contribution in [1.29, 1.82) is 0 Å². The van der Waals surface area contributed by atoms with Gasteiger partial charge in [0.2, 0.25) is 15.9 Å². The number of thiocarbonyl (C=S) groups is 1. The van der Waals surface area contributed by atoms with E-state index in [2.05, 4.69) is 5.32 Å². The molecule has 3 N–H and O–H groups in total. The molecule has 0 aliphatic rings. The average Bonchev–Trinajstić information content (AvgIpc) is 2.45. The number of carbonyl (C=O) groups excluding carboxylic acids is 1. The van der Waals surface area contributed by atoms with Gasteiger partial charge in [0.1, 0.15) is 4.99 Å². The largest absolute Gasteiger partial charge is 0.389 e. The molecular formula is C13H19N3O3S2. The van der Waals surface area contributed by atoms with Crippen molar-refractivity contribution in [2.45, 2.75) is 18.7 Å². The Bertz CT molecular complexity index is 612. The lowest BCUT2D eigenvalue weighted by atomic mass is 10.2. The highest BCUT2D eigenvalue weighted by Gasteiger charge is 2.25. The lowest BCUT2D eigenvalue weighted by Gasteiger charge is -2.20. The van der Waals surface area contributed by atoms with Crippen molar-refractivity contribution >= 4 is 33.1 Å². The predicted octanol–water partition coefficient (Wildman–Crippen LogP) is 0.468. The summed E-state index contributed by atoms with van der Waals surface area (Å²) in [4.78, 5) is 11.9. The van der Waals surface area contributed by atoms with Crippen molar-refractivity contribution in [3.8, 4) is 0 Å². The number of carbonyl (C=O) groups is 1. The van der Waals surface area contributed by atoms with Crippen molar-refractivity contribution in [3.63, 3.8) is 0 Å². The Hall–Kier alpha value is -1.51. The molecule has 8 heteroatoms. The molecular weight excluding hydrogens is 310 g/mol. The third kappa shape index (κ3) is 4.48.